The summed E-state index contributed by atoms with van der Waals surface area (Å²) < 4.78 is 21.1. The maximum Gasteiger partial charge on any atom is 0.305 e. The molecule has 3 aromatic carbocycles. The number of ether oxygens (including phenoxy) is 1. The third-order valence-corrected chi connectivity index (χ3v) is 7.30. The highest BCUT2D eigenvalue weighted by Gasteiger charge is 2.32. The lowest BCUT2D eigenvalue weighted by Gasteiger charge is -2.12. The van der Waals surface area contributed by atoms with Gasteiger partial charge >= 0.3 is 5.97 Å². The smallest absolute Gasteiger partial charge is 0.305 e. The summed E-state index contributed by atoms with van der Waals surface area (Å²) in [5.41, 5.74) is 3.88. The lowest BCUT2D eigenvalue weighted by Crippen LogP contribution is -2.30. The van der Waals surface area contributed by atoms with Crippen LogP contribution in [0.5, 0.6) is 5.75 Å². The van der Waals surface area contributed by atoms with Gasteiger partial charge in [0.15, 0.2) is 0 Å². The van der Waals surface area contributed by atoms with E-state index in [4.69, 9.17) is 27.2 Å². The molecule has 39 heavy (non-hydrogen) atoms. The Labute approximate surface area is 233 Å². The SMILES string of the molecule is O=C(O)CCN1C(=O)C(=Cc2cn(-c3ccccc3)nc2-c2ccc(OCc3ccc(F)cc3)cc2)SC1=S. The van der Waals surface area contributed by atoms with Gasteiger partial charge in [-0.2, -0.15) is 5.10 Å². The first kappa shape index (κ1) is 26.3. The van der Waals surface area contributed by atoms with Crippen molar-refractivity contribution in [3.8, 4) is 22.7 Å². The summed E-state index contributed by atoms with van der Waals surface area (Å²) in [5, 5.41) is 13.8. The highest BCUT2D eigenvalue weighted by Crippen LogP contribution is 2.35. The van der Waals surface area contributed by atoms with Gasteiger partial charge in [0, 0.05) is 23.9 Å². The van der Waals surface area contributed by atoms with Gasteiger partial charge in [0.1, 0.15) is 22.5 Å². The third-order valence-electron chi connectivity index (χ3n) is 5.92. The molecule has 1 saturated heterocycles. The standard InChI is InChI=1S/C29H22FN3O4S2/c30-22-10-6-19(7-11-22)18-37-24-12-8-20(9-13-24)27-21(17-33(31-27)23-4-2-1-3-5-23)16-25-28(36)32(29(38)39-25)15-14-26(34)35/h1-13,16-17H,14-15,18H2,(H,34,35). The average Bonchev–Trinajstić information content (AvgIpc) is 3.48. The van der Waals surface area contributed by atoms with Crippen molar-refractivity contribution in [2.24, 2.45) is 0 Å². The summed E-state index contributed by atoms with van der Waals surface area (Å²) in [7, 11) is 0. The molecular formula is C29H22FN3O4S2. The minimum absolute atomic E-state index is 0.0207. The first-order chi connectivity index (χ1) is 18.9. The monoisotopic (exact) mass is 559 g/mol. The van der Waals surface area contributed by atoms with Gasteiger partial charge in [0.2, 0.25) is 0 Å². The largest absolute Gasteiger partial charge is 0.489 e. The number of thiocarbonyl (C=S) groups is 1. The van der Waals surface area contributed by atoms with E-state index in [0.717, 1.165) is 28.6 Å². The number of halogens is 1. The van der Waals surface area contributed by atoms with Crippen molar-refractivity contribution in [1.82, 2.24) is 14.7 Å². The van der Waals surface area contributed by atoms with E-state index in [1.165, 1.54) is 17.0 Å². The summed E-state index contributed by atoms with van der Waals surface area (Å²) in [5.74, 6) is -0.971. The Balaban J connectivity index is 1.43. The van der Waals surface area contributed by atoms with Crippen LogP contribution in [-0.2, 0) is 16.2 Å². The van der Waals surface area contributed by atoms with Crippen LogP contribution in [0.2, 0.25) is 0 Å². The van der Waals surface area contributed by atoms with Crippen molar-refractivity contribution in [2.75, 3.05) is 6.54 Å². The molecule has 5 rings (SSSR count). The van der Waals surface area contributed by atoms with Crippen LogP contribution >= 0.6 is 24.0 Å². The van der Waals surface area contributed by atoms with Crippen molar-refractivity contribution < 1.29 is 23.8 Å². The molecule has 1 aliphatic heterocycles. The van der Waals surface area contributed by atoms with Crippen molar-refractivity contribution >= 4 is 46.3 Å². The van der Waals surface area contributed by atoms with Crippen LogP contribution in [-0.4, -0.2) is 42.5 Å². The van der Waals surface area contributed by atoms with Crippen LogP contribution < -0.4 is 4.74 Å². The molecule has 7 nitrogen and oxygen atoms in total. The predicted molar refractivity (Wildman–Crippen MR) is 152 cm³/mol. The number of rotatable bonds is 9. The molecule has 10 heteroatoms. The quantitative estimate of drug-likeness (QED) is 0.201. The van der Waals surface area contributed by atoms with E-state index in [0.29, 0.717) is 32.8 Å². The first-order valence-corrected chi connectivity index (χ1v) is 13.2. The molecule has 0 radical (unpaired) electrons. The normalized spacial score (nSPS) is 14.3. The van der Waals surface area contributed by atoms with Crippen LogP contribution in [0.1, 0.15) is 17.5 Å². The Kier molecular flexibility index (Phi) is 7.85. The van der Waals surface area contributed by atoms with Crippen LogP contribution in [0, 0.1) is 5.82 Å². The van der Waals surface area contributed by atoms with E-state index in [1.54, 1.807) is 22.9 Å². The fraction of sp³-hybridized carbons (Fsp3) is 0.103. The number of hydrogen-bond donors (Lipinski definition) is 1. The van der Waals surface area contributed by atoms with Crippen molar-refractivity contribution in [3.63, 3.8) is 0 Å². The second kappa shape index (κ2) is 11.6. The van der Waals surface area contributed by atoms with Crippen molar-refractivity contribution in [3.05, 3.63) is 107 Å². The van der Waals surface area contributed by atoms with Gasteiger partial charge in [-0.25, -0.2) is 9.07 Å². The van der Waals surface area contributed by atoms with Gasteiger partial charge < -0.3 is 9.84 Å². The van der Waals surface area contributed by atoms with Crippen LogP contribution in [0.3, 0.4) is 0 Å². The minimum Gasteiger partial charge on any atom is -0.489 e. The fourth-order valence-corrected chi connectivity index (χ4v) is 5.23. The second-order valence-corrected chi connectivity index (χ2v) is 10.3. The number of nitrogens with zero attached hydrogens (tertiary/aromatic N) is 3. The number of carboxylic acids is 1. The van der Waals surface area contributed by atoms with E-state index in [9.17, 15) is 14.0 Å². The number of aliphatic carboxylic acids is 1. The zero-order valence-corrected chi connectivity index (χ0v) is 22.1. The van der Waals surface area contributed by atoms with E-state index in [-0.39, 0.29) is 24.7 Å². The van der Waals surface area contributed by atoms with Crippen LogP contribution in [0.4, 0.5) is 4.39 Å². The highest BCUT2D eigenvalue weighted by atomic mass is 32.2. The molecule has 1 aliphatic rings. The summed E-state index contributed by atoms with van der Waals surface area (Å²) >= 11 is 6.47. The Morgan fingerprint density at radius 2 is 1.77 bits per heavy atom. The van der Waals surface area contributed by atoms with Gasteiger partial charge in [0.25, 0.3) is 5.91 Å². The summed E-state index contributed by atoms with van der Waals surface area (Å²) in [4.78, 5) is 25.7. The Morgan fingerprint density at radius 3 is 2.46 bits per heavy atom. The molecule has 2 heterocycles. The fourth-order valence-electron chi connectivity index (χ4n) is 3.93. The molecule has 0 spiro atoms. The number of benzene rings is 3. The molecule has 196 valence electrons. The van der Waals surface area contributed by atoms with Crippen molar-refractivity contribution in [2.45, 2.75) is 13.0 Å². The number of carbonyl (C=O) groups is 2. The van der Waals surface area contributed by atoms with Gasteiger partial charge in [-0.15, -0.1) is 0 Å². The number of carboxylic acid groups (broad SMARTS) is 1. The summed E-state index contributed by atoms with van der Waals surface area (Å²) in [6, 6.07) is 23.2. The first-order valence-electron chi connectivity index (χ1n) is 12.0. The molecule has 1 fully saturated rings. The van der Waals surface area contributed by atoms with Crippen LogP contribution in [0.25, 0.3) is 23.0 Å². The molecule has 1 N–H and O–H groups in total. The van der Waals surface area contributed by atoms with E-state index in [1.807, 2.05) is 60.8 Å². The summed E-state index contributed by atoms with van der Waals surface area (Å²) in [6.45, 7) is 0.324. The summed E-state index contributed by atoms with van der Waals surface area (Å²) in [6.07, 6.45) is 3.39. The van der Waals surface area contributed by atoms with E-state index in [2.05, 4.69) is 0 Å². The molecule has 4 aromatic rings. The molecular weight excluding hydrogens is 537 g/mol. The second-order valence-electron chi connectivity index (χ2n) is 8.63. The van der Waals surface area contributed by atoms with Gasteiger partial charge in [-0.1, -0.05) is 54.3 Å². The zero-order valence-electron chi connectivity index (χ0n) is 20.5. The molecule has 0 atom stereocenters. The van der Waals surface area contributed by atoms with Gasteiger partial charge in [-0.05, 0) is 60.2 Å². The van der Waals surface area contributed by atoms with E-state index >= 15 is 0 Å². The van der Waals surface area contributed by atoms with Gasteiger partial charge in [0.05, 0.1) is 22.7 Å². The minimum atomic E-state index is -0.996. The van der Waals surface area contributed by atoms with Crippen LogP contribution in [0.15, 0.2) is 90.0 Å². The Hall–Kier alpha value is -4.28. The molecule has 1 amide bonds. The molecule has 0 aliphatic carbocycles. The lowest BCUT2D eigenvalue weighted by atomic mass is 10.1. The lowest BCUT2D eigenvalue weighted by molar-refractivity contribution is -0.137. The Bertz CT molecular complexity index is 1550. The zero-order chi connectivity index (χ0) is 27.4. The van der Waals surface area contributed by atoms with Crippen molar-refractivity contribution in [1.29, 1.82) is 0 Å². The molecule has 0 bridgehead atoms. The maximum atomic E-state index is 13.1. The Morgan fingerprint density at radius 1 is 1.05 bits per heavy atom. The average molecular weight is 560 g/mol. The number of aromatic nitrogens is 2. The van der Waals surface area contributed by atoms with Gasteiger partial charge in [-0.3, -0.25) is 14.5 Å². The third kappa shape index (κ3) is 6.24. The molecule has 0 saturated carbocycles. The topological polar surface area (TPSA) is 84.7 Å². The van der Waals surface area contributed by atoms with E-state index < -0.39 is 5.97 Å². The highest BCUT2D eigenvalue weighted by molar-refractivity contribution is 8.26. The number of amides is 1. The number of carbonyl (C=O) groups excluding carboxylic acids is 1. The maximum absolute atomic E-state index is 13.1. The number of para-hydroxylation sites is 1. The molecule has 1 aromatic heterocycles. The molecule has 0 unspecified atom stereocenters. The number of thioether (sulfide) groups is 1. The number of hydrogen-bond acceptors (Lipinski definition) is 6. The predicted octanol–water partition coefficient (Wildman–Crippen LogP) is 5.93.